The quantitative estimate of drug-likeness (QED) is 0.766. The molecule has 1 aromatic carbocycles. The molecular formula is C14H12F2N2O3. The summed E-state index contributed by atoms with van der Waals surface area (Å²) in [4.78, 5) is 19.9. The second kappa shape index (κ2) is 6.74. The van der Waals surface area contributed by atoms with Gasteiger partial charge < -0.3 is 9.47 Å². The predicted molar refractivity (Wildman–Crippen MR) is 69.7 cm³/mol. The molecular weight excluding hydrogens is 282 g/mol. The summed E-state index contributed by atoms with van der Waals surface area (Å²) in [5.41, 5.74) is 0.748. The van der Waals surface area contributed by atoms with Crippen molar-refractivity contribution in [1.82, 2.24) is 9.97 Å². The van der Waals surface area contributed by atoms with Gasteiger partial charge in [-0.1, -0.05) is 12.1 Å². The maximum absolute atomic E-state index is 12.1. The maximum Gasteiger partial charge on any atom is 0.387 e. The smallest absolute Gasteiger partial charge is 0.387 e. The molecule has 0 atom stereocenters. The van der Waals surface area contributed by atoms with Gasteiger partial charge in [-0.15, -0.1) is 0 Å². The zero-order chi connectivity index (χ0) is 15.2. The zero-order valence-corrected chi connectivity index (χ0v) is 11.1. The number of ketones is 1. The van der Waals surface area contributed by atoms with Crippen LogP contribution in [0.4, 0.5) is 8.78 Å². The fraction of sp³-hybridized carbons (Fsp3) is 0.214. The number of ether oxygens (including phenoxy) is 2. The molecule has 0 unspecified atom stereocenters. The molecule has 0 bridgehead atoms. The molecule has 0 amide bonds. The summed E-state index contributed by atoms with van der Waals surface area (Å²) in [6.45, 7) is -2.93. The largest absolute Gasteiger partial charge is 0.481 e. The molecule has 0 N–H and O–H groups in total. The van der Waals surface area contributed by atoms with Crippen molar-refractivity contribution >= 4 is 5.78 Å². The third-order valence-corrected chi connectivity index (χ3v) is 2.63. The molecule has 7 heteroatoms. The van der Waals surface area contributed by atoms with Crippen molar-refractivity contribution in [3.8, 4) is 11.6 Å². The third kappa shape index (κ3) is 4.20. The van der Waals surface area contributed by atoms with Crippen LogP contribution in [0.15, 0.2) is 36.7 Å². The number of alkyl halides is 2. The van der Waals surface area contributed by atoms with Crippen molar-refractivity contribution in [1.29, 1.82) is 0 Å². The first kappa shape index (κ1) is 14.8. The Bertz CT molecular complexity index is 635. The van der Waals surface area contributed by atoms with Gasteiger partial charge in [-0.25, -0.2) is 9.97 Å². The second-order valence-corrected chi connectivity index (χ2v) is 4.06. The van der Waals surface area contributed by atoms with Crippen LogP contribution >= 0.6 is 0 Å². The Morgan fingerprint density at radius 2 is 2.10 bits per heavy atom. The monoisotopic (exact) mass is 294 g/mol. The van der Waals surface area contributed by atoms with Crippen LogP contribution in [0.25, 0.3) is 0 Å². The first-order valence-corrected chi connectivity index (χ1v) is 6.01. The number of nitrogens with zero attached hydrogens (tertiary/aromatic N) is 2. The van der Waals surface area contributed by atoms with Crippen molar-refractivity contribution in [2.45, 2.75) is 13.0 Å². The van der Waals surface area contributed by atoms with Gasteiger partial charge in [0, 0.05) is 11.6 Å². The second-order valence-electron chi connectivity index (χ2n) is 4.06. The topological polar surface area (TPSA) is 61.3 Å². The number of rotatable bonds is 6. The first-order valence-electron chi connectivity index (χ1n) is 6.01. The number of methoxy groups -OCH3 is 1. The van der Waals surface area contributed by atoms with Crippen LogP contribution in [-0.4, -0.2) is 29.5 Å². The highest BCUT2D eigenvalue weighted by molar-refractivity contribution is 5.97. The van der Waals surface area contributed by atoms with Crippen molar-refractivity contribution in [3.63, 3.8) is 0 Å². The van der Waals surface area contributed by atoms with Gasteiger partial charge in [-0.2, -0.15) is 8.78 Å². The Morgan fingerprint density at radius 3 is 2.81 bits per heavy atom. The molecule has 0 aliphatic heterocycles. The molecule has 0 aliphatic rings. The highest BCUT2D eigenvalue weighted by Crippen LogP contribution is 2.17. The van der Waals surface area contributed by atoms with E-state index in [1.165, 1.54) is 43.8 Å². The Morgan fingerprint density at radius 1 is 1.29 bits per heavy atom. The van der Waals surface area contributed by atoms with Crippen LogP contribution < -0.4 is 9.47 Å². The van der Waals surface area contributed by atoms with E-state index in [4.69, 9.17) is 4.74 Å². The number of hydrogen-bond acceptors (Lipinski definition) is 5. The molecule has 21 heavy (non-hydrogen) atoms. The first-order chi connectivity index (χ1) is 10.1. The minimum atomic E-state index is -2.93. The van der Waals surface area contributed by atoms with Crippen LogP contribution in [0, 0.1) is 0 Å². The molecule has 0 fully saturated rings. The Hall–Kier alpha value is -2.57. The fourth-order valence-corrected chi connectivity index (χ4v) is 1.70. The van der Waals surface area contributed by atoms with Gasteiger partial charge in [0.05, 0.1) is 19.2 Å². The number of hydrogen-bond donors (Lipinski definition) is 0. The summed E-state index contributed by atoms with van der Waals surface area (Å²) in [7, 11) is 1.46. The van der Waals surface area contributed by atoms with Gasteiger partial charge >= 0.3 is 6.61 Å². The Kier molecular flexibility index (Phi) is 4.76. The minimum absolute atomic E-state index is 0.0109. The molecule has 5 nitrogen and oxygen atoms in total. The standard InChI is InChI=1S/C14H12F2N2O3/c1-20-13-7-10(17-8-18-13)6-12(19)9-3-2-4-11(5-9)21-14(15)16/h2-5,7-8,14H,6H2,1H3. The van der Waals surface area contributed by atoms with Crippen molar-refractivity contribution < 1.29 is 23.0 Å². The van der Waals surface area contributed by atoms with E-state index in [1.807, 2.05) is 0 Å². The molecule has 110 valence electrons. The average Bonchev–Trinajstić information content (AvgIpc) is 2.47. The number of carbonyl (C=O) groups excluding carboxylic acids is 1. The van der Waals surface area contributed by atoms with Crippen LogP contribution in [0.1, 0.15) is 16.1 Å². The molecule has 1 aromatic heterocycles. The summed E-state index contributed by atoms with van der Waals surface area (Å²) in [5, 5.41) is 0. The van der Waals surface area contributed by atoms with Crippen molar-refractivity contribution in [3.05, 3.63) is 47.9 Å². The SMILES string of the molecule is COc1cc(CC(=O)c2cccc(OC(F)F)c2)ncn1. The van der Waals surface area contributed by atoms with E-state index in [2.05, 4.69) is 14.7 Å². The fourth-order valence-electron chi connectivity index (χ4n) is 1.70. The van der Waals surface area contributed by atoms with E-state index in [1.54, 1.807) is 0 Å². The summed E-state index contributed by atoms with van der Waals surface area (Å²) in [6.07, 6.45) is 1.30. The number of halogens is 2. The summed E-state index contributed by atoms with van der Waals surface area (Å²) >= 11 is 0. The number of carbonyl (C=O) groups is 1. The lowest BCUT2D eigenvalue weighted by molar-refractivity contribution is -0.0498. The predicted octanol–water partition coefficient (Wildman–Crippen LogP) is 2.51. The highest BCUT2D eigenvalue weighted by Gasteiger charge is 2.11. The van der Waals surface area contributed by atoms with Crippen LogP contribution in [-0.2, 0) is 6.42 Å². The molecule has 1 heterocycles. The van der Waals surface area contributed by atoms with E-state index >= 15 is 0 Å². The van der Waals surface area contributed by atoms with E-state index in [-0.39, 0.29) is 23.5 Å². The van der Waals surface area contributed by atoms with E-state index in [0.29, 0.717) is 11.6 Å². The lowest BCUT2D eigenvalue weighted by Gasteiger charge is -2.06. The van der Waals surface area contributed by atoms with Gasteiger partial charge in [-0.05, 0) is 12.1 Å². The normalized spacial score (nSPS) is 10.5. The van der Waals surface area contributed by atoms with Gasteiger partial charge in [0.25, 0.3) is 0 Å². The van der Waals surface area contributed by atoms with E-state index in [0.717, 1.165) is 0 Å². The van der Waals surface area contributed by atoms with E-state index < -0.39 is 6.61 Å². The van der Waals surface area contributed by atoms with Crippen molar-refractivity contribution in [2.75, 3.05) is 7.11 Å². The lowest BCUT2D eigenvalue weighted by Crippen LogP contribution is -2.07. The van der Waals surface area contributed by atoms with E-state index in [9.17, 15) is 13.6 Å². The Balaban J connectivity index is 2.12. The minimum Gasteiger partial charge on any atom is -0.481 e. The number of Topliss-reactive ketones (excluding diaryl/α,β-unsaturated/α-hetero) is 1. The number of benzene rings is 1. The maximum atomic E-state index is 12.1. The average molecular weight is 294 g/mol. The third-order valence-electron chi connectivity index (χ3n) is 2.63. The molecule has 0 aliphatic carbocycles. The van der Waals surface area contributed by atoms with Crippen molar-refractivity contribution in [2.24, 2.45) is 0 Å². The van der Waals surface area contributed by atoms with Gasteiger partial charge in [0.1, 0.15) is 12.1 Å². The van der Waals surface area contributed by atoms with Crippen LogP contribution in [0.2, 0.25) is 0 Å². The molecule has 0 radical (unpaired) electrons. The summed E-state index contributed by atoms with van der Waals surface area (Å²) in [5.74, 6) is 0.0224. The molecule has 0 saturated heterocycles. The Labute approximate surface area is 119 Å². The molecule has 0 spiro atoms. The molecule has 2 aromatic rings. The molecule has 0 saturated carbocycles. The van der Waals surface area contributed by atoms with Crippen LogP contribution in [0.5, 0.6) is 11.6 Å². The summed E-state index contributed by atoms with van der Waals surface area (Å²) < 4.78 is 33.5. The lowest BCUT2D eigenvalue weighted by atomic mass is 10.1. The zero-order valence-electron chi connectivity index (χ0n) is 11.1. The van der Waals surface area contributed by atoms with Gasteiger partial charge in [0.15, 0.2) is 5.78 Å². The summed E-state index contributed by atoms with van der Waals surface area (Å²) in [6, 6.07) is 7.17. The van der Waals surface area contributed by atoms with Gasteiger partial charge in [-0.3, -0.25) is 4.79 Å². The van der Waals surface area contributed by atoms with Crippen LogP contribution in [0.3, 0.4) is 0 Å². The highest BCUT2D eigenvalue weighted by atomic mass is 19.3. The number of aromatic nitrogens is 2. The van der Waals surface area contributed by atoms with Gasteiger partial charge in [0.2, 0.25) is 5.88 Å². The molecule has 2 rings (SSSR count).